The van der Waals surface area contributed by atoms with Gasteiger partial charge < -0.3 is 4.90 Å². The van der Waals surface area contributed by atoms with Gasteiger partial charge in [0.1, 0.15) is 5.82 Å². The van der Waals surface area contributed by atoms with Crippen LogP contribution in [0.2, 0.25) is 0 Å². The zero-order chi connectivity index (χ0) is 14.4. The average Bonchev–Trinajstić information content (AvgIpc) is 2.48. The Kier molecular flexibility index (Phi) is 5.25. The Labute approximate surface area is 119 Å². The van der Waals surface area contributed by atoms with E-state index in [2.05, 4.69) is 11.0 Å². The number of piperidine rings is 1. The van der Waals surface area contributed by atoms with Gasteiger partial charge in [0.2, 0.25) is 0 Å². The second kappa shape index (κ2) is 7.16. The van der Waals surface area contributed by atoms with Crippen molar-refractivity contribution >= 4 is 5.78 Å². The van der Waals surface area contributed by atoms with E-state index in [1.165, 1.54) is 24.3 Å². The Morgan fingerprint density at radius 2 is 1.95 bits per heavy atom. The van der Waals surface area contributed by atoms with Gasteiger partial charge >= 0.3 is 0 Å². The Balaban J connectivity index is 1.70. The van der Waals surface area contributed by atoms with Crippen molar-refractivity contribution in [3.05, 3.63) is 35.6 Å². The second-order valence-electron chi connectivity index (χ2n) is 5.28. The Morgan fingerprint density at radius 1 is 1.30 bits per heavy atom. The molecule has 0 radical (unpaired) electrons. The van der Waals surface area contributed by atoms with Crippen LogP contribution in [0.5, 0.6) is 0 Å². The quantitative estimate of drug-likeness (QED) is 0.775. The van der Waals surface area contributed by atoms with E-state index in [0.29, 0.717) is 12.0 Å². The van der Waals surface area contributed by atoms with E-state index < -0.39 is 0 Å². The molecule has 1 saturated heterocycles. The predicted molar refractivity (Wildman–Crippen MR) is 74.7 cm³/mol. The molecule has 0 saturated carbocycles. The minimum absolute atomic E-state index is 0.0666. The van der Waals surface area contributed by atoms with Crippen LogP contribution in [0.1, 0.15) is 36.0 Å². The van der Waals surface area contributed by atoms with Crippen molar-refractivity contribution in [2.24, 2.45) is 5.92 Å². The molecular weight excluding hydrogens is 255 g/mol. The maximum absolute atomic E-state index is 12.8. The number of hydrogen-bond acceptors (Lipinski definition) is 3. The minimum Gasteiger partial charge on any atom is -0.303 e. The van der Waals surface area contributed by atoms with Gasteiger partial charge in [-0.15, -0.1) is 0 Å². The molecule has 0 N–H and O–H groups in total. The highest BCUT2D eigenvalue weighted by Gasteiger charge is 2.18. The van der Waals surface area contributed by atoms with Crippen LogP contribution in [0.15, 0.2) is 24.3 Å². The largest absolute Gasteiger partial charge is 0.303 e. The lowest BCUT2D eigenvalue weighted by atomic mass is 9.98. The monoisotopic (exact) mass is 274 g/mol. The van der Waals surface area contributed by atoms with E-state index in [1.807, 2.05) is 0 Å². The van der Waals surface area contributed by atoms with Gasteiger partial charge in [-0.1, -0.05) is 0 Å². The highest BCUT2D eigenvalue weighted by molar-refractivity contribution is 5.95. The Bertz CT molecular complexity index is 484. The standard InChI is InChI=1S/C16H19FN2O/c17-15-5-3-14(4-6-15)16(20)2-1-9-19-10-7-13(12-18)8-11-19/h3-6,13H,1-2,7-11H2. The maximum Gasteiger partial charge on any atom is 0.162 e. The molecule has 0 aromatic heterocycles. The molecule has 1 aromatic carbocycles. The zero-order valence-electron chi connectivity index (χ0n) is 11.5. The fourth-order valence-corrected chi connectivity index (χ4v) is 2.53. The van der Waals surface area contributed by atoms with Gasteiger partial charge in [0.25, 0.3) is 0 Å². The first kappa shape index (κ1) is 14.7. The molecule has 1 aliphatic heterocycles. The van der Waals surface area contributed by atoms with Gasteiger partial charge in [-0.2, -0.15) is 5.26 Å². The molecule has 1 heterocycles. The van der Waals surface area contributed by atoms with Crippen LogP contribution in [-0.2, 0) is 0 Å². The number of hydrogen-bond donors (Lipinski definition) is 0. The third-order valence-electron chi connectivity index (χ3n) is 3.81. The van der Waals surface area contributed by atoms with Crippen molar-refractivity contribution in [3.8, 4) is 6.07 Å². The summed E-state index contributed by atoms with van der Waals surface area (Å²) < 4.78 is 12.8. The van der Waals surface area contributed by atoms with E-state index in [0.717, 1.165) is 38.9 Å². The van der Waals surface area contributed by atoms with Crippen molar-refractivity contribution in [3.63, 3.8) is 0 Å². The molecule has 0 spiro atoms. The summed E-state index contributed by atoms with van der Waals surface area (Å²) >= 11 is 0. The van der Waals surface area contributed by atoms with Gasteiger partial charge in [0.15, 0.2) is 5.78 Å². The lowest BCUT2D eigenvalue weighted by molar-refractivity contribution is 0.0972. The number of likely N-dealkylation sites (tertiary alicyclic amines) is 1. The molecule has 4 heteroatoms. The molecule has 1 aromatic rings. The number of carbonyl (C=O) groups is 1. The summed E-state index contributed by atoms with van der Waals surface area (Å²) in [6.45, 7) is 2.79. The lowest BCUT2D eigenvalue weighted by Crippen LogP contribution is -2.34. The van der Waals surface area contributed by atoms with E-state index in [9.17, 15) is 9.18 Å². The van der Waals surface area contributed by atoms with E-state index in [4.69, 9.17) is 5.26 Å². The van der Waals surface area contributed by atoms with Crippen molar-refractivity contribution in [2.45, 2.75) is 25.7 Å². The van der Waals surface area contributed by atoms with Crippen molar-refractivity contribution < 1.29 is 9.18 Å². The molecule has 0 bridgehead atoms. The highest BCUT2D eigenvalue weighted by atomic mass is 19.1. The Hall–Kier alpha value is -1.73. The number of halogens is 1. The maximum atomic E-state index is 12.8. The van der Waals surface area contributed by atoms with E-state index in [1.54, 1.807) is 0 Å². The van der Waals surface area contributed by atoms with Crippen LogP contribution < -0.4 is 0 Å². The van der Waals surface area contributed by atoms with Gasteiger partial charge in [0, 0.05) is 17.9 Å². The molecule has 20 heavy (non-hydrogen) atoms. The molecule has 1 fully saturated rings. The first-order valence-electron chi connectivity index (χ1n) is 7.10. The average molecular weight is 274 g/mol. The molecule has 106 valence electrons. The van der Waals surface area contributed by atoms with Crippen LogP contribution in [0.4, 0.5) is 4.39 Å². The summed E-state index contributed by atoms with van der Waals surface area (Å²) in [6, 6.07) is 8.03. The number of carbonyl (C=O) groups excluding carboxylic acids is 1. The second-order valence-corrected chi connectivity index (χ2v) is 5.28. The number of rotatable bonds is 5. The molecule has 1 aliphatic rings. The number of ketones is 1. The number of nitriles is 1. The summed E-state index contributed by atoms with van der Waals surface area (Å²) in [4.78, 5) is 14.2. The molecule has 0 aliphatic carbocycles. The van der Waals surface area contributed by atoms with Gasteiger partial charge in [-0.05, 0) is 63.2 Å². The number of benzene rings is 1. The van der Waals surface area contributed by atoms with E-state index >= 15 is 0 Å². The molecule has 0 amide bonds. The van der Waals surface area contributed by atoms with Crippen LogP contribution in [-0.4, -0.2) is 30.3 Å². The summed E-state index contributed by atoms with van der Waals surface area (Å²) in [5, 5.41) is 8.83. The van der Waals surface area contributed by atoms with Crippen molar-refractivity contribution in [1.82, 2.24) is 4.90 Å². The molecule has 3 nitrogen and oxygen atoms in total. The van der Waals surface area contributed by atoms with Gasteiger partial charge in [-0.25, -0.2) is 4.39 Å². The topological polar surface area (TPSA) is 44.1 Å². The van der Waals surface area contributed by atoms with Crippen LogP contribution >= 0.6 is 0 Å². The fourth-order valence-electron chi connectivity index (χ4n) is 2.53. The normalized spacial score (nSPS) is 16.8. The van der Waals surface area contributed by atoms with Crippen LogP contribution in [0.3, 0.4) is 0 Å². The summed E-state index contributed by atoms with van der Waals surface area (Å²) in [6.07, 6.45) is 3.17. The third kappa shape index (κ3) is 4.14. The number of nitrogens with zero attached hydrogens (tertiary/aromatic N) is 2. The van der Waals surface area contributed by atoms with Crippen molar-refractivity contribution in [2.75, 3.05) is 19.6 Å². The highest BCUT2D eigenvalue weighted by Crippen LogP contribution is 2.16. The first-order valence-corrected chi connectivity index (χ1v) is 7.10. The molecule has 2 rings (SSSR count). The predicted octanol–water partition coefficient (Wildman–Crippen LogP) is 3.02. The molecule has 0 atom stereocenters. The third-order valence-corrected chi connectivity index (χ3v) is 3.81. The lowest BCUT2D eigenvalue weighted by Gasteiger charge is -2.28. The first-order chi connectivity index (χ1) is 9.69. The smallest absolute Gasteiger partial charge is 0.162 e. The van der Waals surface area contributed by atoms with Gasteiger partial charge in [0.05, 0.1) is 6.07 Å². The molecule has 0 unspecified atom stereocenters. The SMILES string of the molecule is N#CC1CCN(CCCC(=O)c2ccc(F)cc2)CC1. The minimum atomic E-state index is -0.318. The Morgan fingerprint density at radius 3 is 2.55 bits per heavy atom. The van der Waals surface area contributed by atoms with Gasteiger partial charge in [-0.3, -0.25) is 4.79 Å². The summed E-state index contributed by atoms with van der Waals surface area (Å²) in [5.74, 6) is -0.0501. The summed E-state index contributed by atoms with van der Waals surface area (Å²) in [7, 11) is 0. The fraction of sp³-hybridized carbons (Fsp3) is 0.500. The van der Waals surface area contributed by atoms with E-state index in [-0.39, 0.29) is 17.5 Å². The zero-order valence-corrected chi connectivity index (χ0v) is 11.5. The summed E-state index contributed by atoms with van der Waals surface area (Å²) in [5.41, 5.74) is 0.578. The molecular formula is C16H19FN2O. The van der Waals surface area contributed by atoms with Crippen LogP contribution in [0, 0.1) is 23.1 Å². The number of Topliss-reactive ketones (excluding diaryl/α,β-unsaturated/α-hetero) is 1. The van der Waals surface area contributed by atoms with Crippen LogP contribution in [0.25, 0.3) is 0 Å². The van der Waals surface area contributed by atoms with Crippen molar-refractivity contribution in [1.29, 1.82) is 5.26 Å².